The molecule has 2 rings (SSSR count). The molecule has 0 radical (unpaired) electrons. The molecule has 18 heavy (non-hydrogen) atoms. The molecule has 1 N–H and O–H groups in total. The minimum atomic E-state index is -0.391. The zero-order valence-electron chi connectivity index (χ0n) is 12.4. The summed E-state index contributed by atoms with van der Waals surface area (Å²) in [5.41, 5.74) is -0.391. The Morgan fingerprint density at radius 2 is 1.67 bits per heavy atom. The van der Waals surface area contributed by atoms with Crippen LogP contribution >= 0.6 is 0 Å². The van der Waals surface area contributed by atoms with Crippen LogP contribution in [0, 0.1) is 5.92 Å². The molecule has 3 nitrogen and oxygen atoms in total. The molecule has 0 aromatic rings. The average molecular weight is 254 g/mol. The van der Waals surface area contributed by atoms with E-state index >= 15 is 0 Å². The summed E-state index contributed by atoms with van der Waals surface area (Å²) in [5.74, 6) is 0.810. The normalized spacial score (nSPS) is 36.2. The molecule has 3 heteroatoms. The zero-order valence-corrected chi connectivity index (χ0v) is 12.4. The summed E-state index contributed by atoms with van der Waals surface area (Å²) in [7, 11) is 4.35. The van der Waals surface area contributed by atoms with E-state index in [1.807, 2.05) is 0 Å². The number of hydrogen-bond acceptors (Lipinski definition) is 3. The van der Waals surface area contributed by atoms with Crippen LogP contribution in [0.1, 0.15) is 45.4 Å². The van der Waals surface area contributed by atoms with Crippen LogP contribution < -0.4 is 0 Å². The smallest absolute Gasteiger partial charge is 0.0774 e. The van der Waals surface area contributed by atoms with E-state index in [-0.39, 0.29) is 0 Å². The van der Waals surface area contributed by atoms with Crippen molar-refractivity contribution >= 4 is 0 Å². The highest BCUT2D eigenvalue weighted by Gasteiger charge is 2.34. The largest absolute Gasteiger partial charge is 0.389 e. The van der Waals surface area contributed by atoms with Crippen molar-refractivity contribution in [2.24, 2.45) is 5.92 Å². The maximum Gasteiger partial charge on any atom is 0.0774 e. The van der Waals surface area contributed by atoms with E-state index < -0.39 is 5.60 Å². The van der Waals surface area contributed by atoms with Gasteiger partial charge in [0.15, 0.2) is 0 Å². The van der Waals surface area contributed by atoms with Crippen molar-refractivity contribution in [1.82, 2.24) is 9.80 Å². The zero-order chi connectivity index (χ0) is 13.2. The van der Waals surface area contributed by atoms with Crippen molar-refractivity contribution < 1.29 is 5.11 Å². The lowest BCUT2D eigenvalue weighted by atomic mass is 9.79. The van der Waals surface area contributed by atoms with Gasteiger partial charge < -0.3 is 14.9 Å². The fourth-order valence-electron chi connectivity index (χ4n) is 3.47. The summed E-state index contributed by atoms with van der Waals surface area (Å²) in [6.07, 6.45) is 6.90. The quantitative estimate of drug-likeness (QED) is 0.834. The third-order valence-electron chi connectivity index (χ3n) is 5.01. The van der Waals surface area contributed by atoms with Crippen LogP contribution in [0.4, 0.5) is 0 Å². The number of likely N-dealkylation sites (tertiary alicyclic amines) is 1. The molecule has 1 saturated carbocycles. The standard InChI is InChI=1S/C15H30N2O/c1-13-4-8-15(18,9-5-13)12-17-10-6-14(7-11-17)16(2)3/h13-14,18H,4-12H2,1-3H3. The van der Waals surface area contributed by atoms with Crippen molar-refractivity contribution in [3.63, 3.8) is 0 Å². The van der Waals surface area contributed by atoms with E-state index in [2.05, 4.69) is 30.8 Å². The molecule has 0 atom stereocenters. The summed E-state index contributed by atoms with van der Waals surface area (Å²) >= 11 is 0. The summed E-state index contributed by atoms with van der Waals surface area (Å²) in [6, 6.07) is 0.738. The molecule has 1 aliphatic heterocycles. The molecule has 2 fully saturated rings. The van der Waals surface area contributed by atoms with Gasteiger partial charge in [0.05, 0.1) is 5.60 Å². The highest BCUT2D eigenvalue weighted by molar-refractivity contribution is 4.89. The van der Waals surface area contributed by atoms with Crippen molar-refractivity contribution in [1.29, 1.82) is 0 Å². The van der Waals surface area contributed by atoms with Gasteiger partial charge in [-0.1, -0.05) is 6.92 Å². The van der Waals surface area contributed by atoms with Crippen LogP contribution in [0.25, 0.3) is 0 Å². The number of piperidine rings is 1. The minimum Gasteiger partial charge on any atom is -0.389 e. The molecule has 2 aliphatic rings. The lowest BCUT2D eigenvalue weighted by Gasteiger charge is -2.42. The summed E-state index contributed by atoms with van der Waals surface area (Å²) < 4.78 is 0. The van der Waals surface area contributed by atoms with E-state index in [4.69, 9.17) is 0 Å². The van der Waals surface area contributed by atoms with Crippen molar-refractivity contribution in [3.05, 3.63) is 0 Å². The lowest BCUT2D eigenvalue weighted by molar-refractivity contribution is -0.0417. The van der Waals surface area contributed by atoms with E-state index in [9.17, 15) is 5.11 Å². The molecular formula is C15H30N2O. The number of rotatable bonds is 3. The minimum absolute atomic E-state index is 0.391. The van der Waals surface area contributed by atoms with Crippen molar-refractivity contribution in [3.8, 4) is 0 Å². The molecular weight excluding hydrogens is 224 g/mol. The molecule has 106 valence electrons. The van der Waals surface area contributed by atoms with Crippen LogP contribution in [0.3, 0.4) is 0 Å². The molecule has 0 unspecified atom stereocenters. The first-order valence-electron chi connectivity index (χ1n) is 7.60. The van der Waals surface area contributed by atoms with Gasteiger partial charge in [-0.2, -0.15) is 0 Å². The first kappa shape index (κ1) is 14.3. The van der Waals surface area contributed by atoms with Crippen LogP contribution in [0.15, 0.2) is 0 Å². The van der Waals surface area contributed by atoms with Gasteiger partial charge in [0.25, 0.3) is 0 Å². The number of aliphatic hydroxyl groups is 1. The SMILES string of the molecule is CC1CCC(O)(CN2CCC(N(C)C)CC2)CC1. The third-order valence-corrected chi connectivity index (χ3v) is 5.01. The highest BCUT2D eigenvalue weighted by Crippen LogP contribution is 2.33. The second kappa shape index (κ2) is 5.89. The Bertz CT molecular complexity index is 251. The van der Waals surface area contributed by atoms with Gasteiger partial charge in [-0.05, 0) is 71.6 Å². The maximum absolute atomic E-state index is 10.7. The molecule has 0 aromatic carbocycles. The fourth-order valence-corrected chi connectivity index (χ4v) is 3.47. The van der Waals surface area contributed by atoms with Crippen LogP contribution in [0.2, 0.25) is 0 Å². The first-order valence-corrected chi connectivity index (χ1v) is 7.60. The van der Waals surface area contributed by atoms with E-state index in [1.54, 1.807) is 0 Å². The van der Waals surface area contributed by atoms with Gasteiger partial charge in [-0.25, -0.2) is 0 Å². The molecule has 1 heterocycles. The van der Waals surface area contributed by atoms with Gasteiger partial charge in [0.2, 0.25) is 0 Å². The van der Waals surface area contributed by atoms with E-state index in [1.165, 1.54) is 25.7 Å². The van der Waals surface area contributed by atoms with Crippen molar-refractivity contribution in [2.45, 2.75) is 57.1 Å². The van der Waals surface area contributed by atoms with Gasteiger partial charge in [0, 0.05) is 12.6 Å². The Labute approximate surface area is 112 Å². The summed E-state index contributed by atoms with van der Waals surface area (Å²) in [5, 5.41) is 10.7. The molecule has 0 spiro atoms. The lowest BCUT2D eigenvalue weighted by Crippen LogP contribution is -2.50. The summed E-state index contributed by atoms with van der Waals surface area (Å²) in [6.45, 7) is 5.52. The summed E-state index contributed by atoms with van der Waals surface area (Å²) in [4.78, 5) is 4.82. The van der Waals surface area contributed by atoms with Gasteiger partial charge in [-0.3, -0.25) is 0 Å². The van der Waals surface area contributed by atoms with E-state index in [0.717, 1.165) is 44.4 Å². The molecule has 0 amide bonds. The third kappa shape index (κ3) is 3.69. The van der Waals surface area contributed by atoms with E-state index in [0.29, 0.717) is 0 Å². The Morgan fingerprint density at radius 1 is 1.11 bits per heavy atom. The van der Waals surface area contributed by atoms with Crippen LogP contribution in [-0.4, -0.2) is 60.3 Å². The predicted octanol–water partition coefficient (Wildman–Crippen LogP) is 1.95. The van der Waals surface area contributed by atoms with Crippen LogP contribution in [0.5, 0.6) is 0 Å². The van der Waals surface area contributed by atoms with Crippen LogP contribution in [-0.2, 0) is 0 Å². The highest BCUT2D eigenvalue weighted by atomic mass is 16.3. The molecule has 0 aromatic heterocycles. The van der Waals surface area contributed by atoms with Crippen molar-refractivity contribution in [2.75, 3.05) is 33.7 Å². The Hall–Kier alpha value is -0.120. The first-order chi connectivity index (χ1) is 8.48. The van der Waals surface area contributed by atoms with Gasteiger partial charge >= 0.3 is 0 Å². The van der Waals surface area contributed by atoms with Gasteiger partial charge in [0.1, 0.15) is 0 Å². The maximum atomic E-state index is 10.7. The number of nitrogens with zero attached hydrogens (tertiary/aromatic N) is 2. The average Bonchev–Trinajstić information content (AvgIpc) is 2.34. The second-order valence-corrected chi connectivity index (χ2v) is 6.88. The monoisotopic (exact) mass is 254 g/mol. The molecule has 0 bridgehead atoms. The molecule has 1 saturated heterocycles. The molecule has 1 aliphatic carbocycles. The Kier molecular flexibility index (Phi) is 4.68. The van der Waals surface area contributed by atoms with Gasteiger partial charge in [-0.15, -0.1) is 0 Å². The predicted molar refractivity (Wildman–Crippen MR) is 75.7 cm³/mol. The Morgan fingerprint density at radius 3 is 2.17 bits per heavy atom. The Balaban J connectivity index is 1.77. The topological polar surface area (TPSA) is 26.7 Å². The number of hydrogen-bond donors (Lipinski definition) is 1. The number of β-amino-alcohol motifs (C(OH)–C–C–N with tert-alkyl or cyclic N) is 1. The fraction of sp³-hybridized carbons (Fsp3) is 1.00. The second-order valence-electron chi connectivity index (χ2n) is 6.88.